The molecule has 1 unspecified atom stereocenters. The number of carbonyl (C=O) groups excluding carboxylic acids is 2. The lowest BCUT2D eigenvalue weighted by atomic mass is 10.2. The van der Waals surface area contributed by atoms with E-state index in [1.807, 2.05) is 6.92 Å². The second-order valence-electron chi connectivity index (χ2n) is 6.23. The van der Waals surface area contributed by atoms with Gasteiger partial charge in [-0.2, -0.15) is 13.2 Å². The van der Waals surface area contributed by atoms with Gasteiger partial charge in [0.1, 0.15) is 0 Å². The van der Waals surface area contributed by atoms with E-state index in [9.17, 15) is 22.8 Å². The van der Waals surface area contributed by atoms with Crippen molar-refractivity contribution in [1.82, 2.24) is 19.8 Å². The zero-order valence-corrected chi connectivity index (χ0v) is 15.7. The largest absolute Gasteiger partial charge is 0.416 e. The third-order valence-corrected chi connectivity index (χ3v) is 5.32. The molecule has 6 nitrogen and oxygen atoms in total. The van der Waals surface area contributed by atoms with E-state index in [2.05, 4.69) is 10.3 Å². The zero-order chi connectivity index (χ0) is 19.8. The SMILES string of the molecule is CCCn1c(SC(C)C(=O)N2CCNC2=O)nc2ccc(C(F)(F)F)cc21. The monoisotopic (exact) mass is 400 g/mol. The molecule has 1 aromatic carbocycles. The van der Waals surface area contributed by atoms with E-state index in [0.717, 1.165) is 28.8 Å². The van der Waals surface area contributed by atoms with E-state index < -0.39 is 23.0 Å². The second-order valence-corrected chi connectivity index (χ2v) is 7.54. The van der Waals surface area contributed by atoms with Crippen molar-refractivity contribution < 1.29 is 22.8 Å². The van der Waals surface area contributed by atoms with Gasteiger partial charge in [0.25, 0.3) is 0 Å². The molecule has 1 aliphatic rings. The van der Waals surface area contributed by atoms with Crippen molar-refractivity contribution in [2.45, 2.75) is 43.4 Å². The van der Waals surface area contributed by atoms with Crippen LogP contribution in [0.4, 0.5) is 18.0 Å². The Morgan fingerprint density at radius 2 is 2.15 bits per heavy atom. The van der Waals surface area contributed by atoms with Crippen molar-refractivity contribution in [2.24, 2.45) is 0 Å². The van der Waals surface area contributed by atoms with Gasteiger partial charge in [-0.15, -0.1) is 0 Å². The van der Waals surface area contributed by atoms with Crippen LogP contribution in [0.5, 0.6) is 0 Å². The molecule has 2 heterocycles. The Morgan fingerprint density at radius 3 is 2.74 bits per heavy atom. The Bertz CT molecular complexity index is 881. The van der Waals surface area contributed by atoms with E-state index in [1.165, 1.54) is 6.07 Å². The molecule has 1 aromatic heterocycles. The Kier molecular flexibility index (Phi) is 5.36. The first-order valence-corrected chi connectivity index (χ1v) is 9.43. The molecule has 0 saturated carbocycles. The number of rotatable bonds is 5. The third-order valence-electron chi connectivity index (χ3n) is 4.24. The van der Waals surface area contributed by atoms with Crippen LogP contribution < -0.4 is 5.32 Å². The molecule has 146 valence electrons. The van der Waals surface area contributed by atoms with Crippen molar-refractivity contribution in [2.75, 3.05) is 13.1 Å². The number of carbonyl (C=O) groups is 2. The highest BCUT2D eigenvalue weighted by molar-refractivity contribution is 8.00. The number of alkyl halides is 3. The lowest BCUT2D eigenvalue weighted by molar-refractivity contribution is -0.137. The standard InChI is InChI=1S/C17H19F3N4O2S/c1-3-7-23-13-9-11(17(18,19)20)4-5-12(13)22-16(23)27-10(2)14(25)24-8-6-21-15(24)26/h4-5,9-10H,3,6-8H2,1-2H3,(H,21,26). The molecular formula is C17H19F3N4O2S. The fourth-order valence-electron chi connectivity index (χ4n) is 2.92. The molecular weight excluding hydrogens is 381 g/mol. The summed E-state index contributed by atoms with van der Waals surface area (Å²) in [6.07, 6.45) is -3.73. The first kappa shape index (κ1) is 19.5. The number of nitrogens with zero attached hydrogens (tertiary/aromatic N) is 3. The molecule has 3 amide bonds. The number of halogens is 3. The number of urea groups is 1. The van der Waals surface area contributed by atoms with Gasteiger partial charge >= 0.3 is 12.2 Å². The van der Waals surface area contributed by atoms with Gasteiger partial charge in [-0.1, -0.05) is 18.7 Å². The van der Waals surface area contributed by atoms with Gasteiger partial charge in [-0.25, -0.2) is 9.78 Å². The van der Waals surface area contributed by atoms with Crippen LogP contribution in [0.1, 0.15) is 25.8 Å². The molecule has 1 atom stereocenters. The van der Waals surface area contributed by atoms with Gasteiger partial charge in [0.05, 0.1) is 21.8 Å². The molecule has 1 saturated heterocycles. The number of hydrogen-bond acceptors (Lipinski definition) is 4. The maximum Gasteiger partial charge on any atom is 0.416 e. The van der Waals surface area contributed by atoms with Crippen LogP contribution in [0.2, 0.25) is 0 Å². The molecule has 1 N–H and O–H groups in total. The molecule has 0 aliphatic carbocycles. The van der Waals surface area contributed by atoms with Crippen LogP contribution in [0.15, 0.2) is 23.4 Å². The summed E-state index contributed by atoms with van der Waals surface area (Å²) in [5, 5.41) is 2.44. The highest BCUT2D eigenvalue weighted by Crippen LogP contribution is 2.34. The Morgan fingerprint density at radius 1 is 1.41 bits per heavy atom. The van der Waals surface area contributed by atoms with Gasteiger partial charge in [0.2, 0.25) is 5.91 Å². The molecule has 2 aromatic rings. The molecule has 0 bridgehead atoms. The van der Waals surface area contributed by atoms with Crippen LogP contribution in [0, 0.1) is 0 Å². The van der Waals surface area contributed by atoms with Gasteiger partial charge < -0.3 is 9.88 Å². The van der Waals surface area contributed by atoms with E-state index in [-0.39, 0.29) is 5.91 Å². The van der Waals surface area contributed by atoms with Gasteiger partial charge in [-0.3, -0.25) is 9.69 Å². The van der Waals surface area contributed by atoms with Crippen molar-refractivity contribution in [3.63, 3.8) is 0 Å². The van der Waals surface area contributed by atoms with Crippen molar-refractivity contribution in [3.8, 4) is 0 Å². The second kappa shape index (κ2) is 7.41. The number of imide groups is 1. The van der Waals surface area contributed by atoms with Crippen LogP contribution in [0.25, 0.3) is 11.0 Å². The van der Waals surface area contributed by atoms with Gasteiger partial charge in [-0.05, 0) is 31.5 Å². The summed E-state index contributed by atoms with van der Waals surface area (Å²) < 4.78 is 40.8. The van der Waals surface area contributed by atoms with Crippen LogP contribution in [0.3, 0.4) is 0 Å². The van der Waals surface area contributed by atoms with Gasteiger partial charge in [0, 0.05) is 19.6 Å². The van der Waals surface area contributed by atoms with Crippen molar-refractivity contribution in [3.05, 3.63) is 23.8 Å². The number of benzene rings is 1. The predicted molar refractivity (Wildman–Crippen MR) is 95.5 cm³/mol. The molecule has 10 heteroatoms. The molecule has 1 fully saturated rings. The average Bonchev–Trinajstić information content (AvgIpc) is 3.17. The Balaban J connectivity index is 1.92. The first-order valence-electron chi connectivity index (χ1n) is 8.55. The molecule has 3 rings (SSSR count). The van der Waals surface area contributed by atoms with Crippen LogP contribution in [-0.2, 0) is 17.5 Å². The minimum Gasteiger partial charge on any atom is -0.336 e. The number of nitrogens with one attached hydrogen (secondary N) is 1. The van der Waals surface area contributed by atoms with E-state index in [1.54, 1.807) is 11.5 Å². The fraction of sp³-hybridized carbons (Fsp3) is 0.471. The topological polar surface area (TPSA) is 67.2 Å². The number of hydrogen-bond donors (Lipinski definition) is 1. The number of aryl methyl sites for hydroxylation is 1. The van der Waals surface area contributed by atoms with Gasteiger partial charge in [0.15, 0.2) is 5.16 Å². The number of fused-ring (bicyclic) bond motifs is 1. The highest BCUT2D eigenvalue weighted by Gasteiger charge is 2.33. The summed E-state index contributed by atoms with van der Waals surface area (Å²) in [7, 11) is 0. The number of thioether (sulfide) groups is 1. The van der Waals surface area contributed by atoms with Crippen molar-refractivity contribution >= 4 is 34.7 Å². The summed E-state index contributed by atoms with van der Waals surface area (Å²) in [5.74, 6) is -0.346. The maximum absolute atomic E-state index is 13.0. The predicted octanol–water partition coefficient (Wildman–Crippen LogP) is 3.50. The minimum absolute atomic E-state index is 0.308. The first-order chi connectivity index (χ1) is 12.7. The fourth-order valence-corrected chi connectivity index (χ4v) is 3.93. The molecule has 0 radical (unpaired) electrons. The molecule has 27 heavy (non-hydrogen) atoms. The van der Waals surface area contributed by atoms with Crippen LogP contribution in [-0.4, -0.2) is 44.7 Å². The van der Waals surface area contributed by atoms with Crippen molar-refractivity contribution in [1.29, 1.82) is 0 Å². The Labute approximate surface area is 158 Å². The summed E-state index contributed by atoms with van der Waals surface area (Å²) in [4.78, 5) is 29.7. The minimum atomic E-state index is -4.44. The summed E-state index contributed by atoms with van der Waals surface area (Å²) >= 11 is 1.15. The molecule has 1 aliphatic heterocycles. The maximum atomic E-state index is 13.0. The van der Waals surface area contributed by atoms with E-state index in [0.29, 0.717) is 42.2 Å². The Hall–Kier alpha value is -2.23. The van der Waals surface area contributed by atoms with E-state index >= 15 is 0 Å². The lowest BCUT2D eigenvalue weighted by Gasteiger charge is -2.17. The third kappa shape index (κ3) is 3.90. The summed E-state index contributed by atoms with van der Waals surface area (Å²) in [5.41, 5.74) is 0.0897. The summed E-state index contributed by atoms with van der Waals surface area (Å²) in [6.45, 7) is 4.77. The zero-order valence-electron chi connectivity index (χ0n) is 14.8. The van der Waals surface area contributed by atoms with Crippen LogP contribution >= 0.6 is 11.8 Å². The number of amides is 3. The number of aromatic nitrogens is 2. The van der Waals surface area contributed by atoms with E-state index in [4.69, 9.17) is 0 Å². The average molecular weight is 400 g/mol. The highest BCUT2D eigenvalue weighted by atomic mass is 32.2. The smallest absolute Gasteiger partial charge is 0.336 e. The lowest BCUT2D eigenvalue weighted by Crippen LogP contribution is -2.39. The molecule has 0 spiro atoms. The quantitative estimate of drug-likeness (QED) is 0.780. The summed E-state index contributed by atoms with van der Waals surface area (Å²) in [6, 6.07) is 3.00. The number of imidazole rings is 1. The normalized spacial score (nSPS) is 16.0.